The lowest BCUT2D eigenvalue weighted by Crippen LogP contribution is -2.36. The number of rotatable bonds is 5. The summed E-state index contributed by atoms with van der Waals surface area (Å²) in [6.45, 7) is -1.56. The zero-order valence-corrected chi connectivity index (χ0v) is 16.5. The molecule has 2 heterocycles. The van der Waals surface area contributed by atoms with E-state index in [1.165, 1.54) is 20.1 Å². The van der Waals surface area contributed by atoms with Crippen LogP contribution in [0.3, 0.4) is 0 Å². The minimum atomic E-state index is -3.05. The molecule has 0 saturated heterocycles. The molecule has 0 bridgehead atoms. The number of ether oxygens (including phenoxy) is 2. The molecule has 1 unspecified atom stereocenters. The molecule has 1 aliphatic rings. The van der Waals surface area contributed by atoms with Gasteiger partial charge in [0.1, 0.15) is 11.6 Å². The van der Waals surface area contributed by atoms with E-state index in [1.54, 1.807) is 0 Å². The fraction of sp³-hybridized carbons (Fsp3) is 0.278. The maximum Gasteiger partial charge on any atom is 0.387 e. The van der Waals surface area contributed by atoms with Gasteiger partial charge in [0.2, 0.25) is 5.60 Å². The molecule has 0 amide bonds. The number of nitrogens with zero attached hydrogens (tertiary/aromatic N) is 2. The van der Waals surface area contributed by atoms with E-state index in [-0.39, 0.29) is 39.2 Å². The van der Waals surface area contributed by atoms with Gasteiger partial charge < -0.3 is 14.3 Å². The van der Waals surface area contributed by atoms with Gasteiger partial charge in [-0.2, -0.15) is 8.78 Å². The average Bonchev–Trinajstić information content (AvgIpc) is 3.04. The van der Waals surface area contributed by atoms with Crippen LogP contribution in [0.15, 0.2) is 29.6 Å². The van der Waals surface area contributed by atoms with Gasteiger partial charge in [0.05, 0.1) is 34.8 Å². The van der Waals surface area contributed by atoms with Crippen molar-refractivity contribution < 1.29 is 32.3 Å². The van der Waals surface area contributed by atoms with Crippen LogP contribution in [0.2, 0.25) is 10.0 Å². The Labute approximate surface area is 173 Å². The molecule has 1 aromatic carbocycles. The van der Waals surface area contributed by atoms with E-state index in [4.69, 9.17) is 32.8 Å². The molecular formula is C18H13Cl2F3N2O4. The number of alkyl halides is 2. The van der Waals surface area contributed by atoms with Crippen LogP contribution in [0.1, 0.15) is 18.9 Å². The van der Waals surface area contributed by atoms with Gasteiger partial charge in [-0.25, -0.2) is 9.18 Å². The van der Waals surface area contributed by atoms with Crippen molar-refractivity contribution in [2.24, 2.45) is 5.16 Å². The fourth-order valence-corrected chi connectivity index (χ4v) is 3.26. The number of carbonyl (C=O) groups is 1. The predicted octanol–water partition coefficient (Wildman–Crippen LogP) is 4.85. The molecule has 1 aromatic heterocycles. The van der Waals surface area contributed by atoms with Crippen molar-refractivity contribution in [1.82, 2.24) is 4.98 Å². The summed E-state index contributed by atoms with van der Waals surface area (Å²) in [5.41, 5.74) is -0.822. The molecule has 6 nitrogen and oxygen atoms in total. The molecular weight excluding hydrogens is 436 g/mol. The van der Waals surface area contributed by atoms with Crippen LogP contribution in [-0.2, 0) is 14.4 Å². The van der Waals surface area contributed by atoms with Crippen molar-refractivity contribution >= 4 is 34.9 Å². The third-order valence-electron chi connectivity index (χ3n) is 4.14. The lowest BCUT2D eigenvalue weighted by Gasteiger charge is -2.17. The summed E-state index contributed by atoms with van der Waals surface area (Å²) in [7, 11) is 1.22. The number of methoxy groups -OCH3 is 1. The van der Waals surface area contributed by atoms with E-state index in [0.717, 1.165) is 18.3 Å². The Hall–Kier alpha value is -2.52. The molecule has 0 saturated carbocycles. The van der Waals surface area contributed by atoms with Crippen LogP contribution in [0.4, 0.5) is 13.2 Å². The van der Waals surface area contributed by atoms with Gasteiger partial charge in [0.15, 0.2) is 0 Å². The zero-order chi connectivity index (χ0) is 21.3. The van der Waals surface area contributed by atoms with Crippen molar-refractivity contribution in [3.63, 3.8) is 0 Å². The summed E-state index contributed by atoms with van der Waals surface area (Å²) in [6, 6.07) is 3.46. The highest BCUT2D eigenvalue weighted by molar-refractivity contribution is 6.35. The third-order valence-corrected chi connectivity index (χ3v) is 4.74. The van der Waals surface area contributed by atoms with E-state index in [9.17, 15) is 18.0 Å². The highest BCUT2D eigenvalue weighted by atomic mass is 35.5. The number of hydrogen-bond donors (Lipinski definition) is 0. The predicted molar refractivity (Wildman–Crippen MR) is 98.9 cm³/mol. The van der Waals surface area contributed by atoms with Crippen LogP contribution in [-0.4, -0.2) is 36.0 Å². The van der Waals surface area contributed by atoms with E-state index >= 15 is 0 Å². The van der Waals surface area contributed by atoms with Gasteiger partial charge in [-0.15, -0.1) is 0 Å². The minimum Gasteiger partial charge on any atom is -0.466 e. The van der Waals surface area contributed by atoms with Gasteiger partial charge >= 0.3 is 12.6 Å². The average molecular weight is 449 g/mol. The second-order valence-electron chi connectivity index (χ2n) is 6.22. The number of hydrogen-bond acceptors (Lipinski definition) is 6. The molecule has 0 radical (unpaired) electrons. The normalized spacial score (nSPS) is 18.4. The zero-order valence-electron chi connectivity index (χ0n) is 15.0. The molecule has 0 spiro atoms. The number of esters is 1. The first kappa shape index (κ1) is 21.2. The molecule has 1 atom stereocenters. The second kappa shape index (κ2) is 8.08. The molecule has 2 aromatic rings. The third kappa shape index (κ3) is 4.25. The Morgan fingerprint density at radius 1 is 1.24 bits per heavy atom. The Bertz CT molecular complexity index is 1000. The number of pyridine rings is 1. The van der Waals surface area contributed by atoms with Gasteiger partial charge in [-0.05, 0) is 19.1 Å². The smallest absolute Gasteiger partial charge is 0.387 e. The Balaban J connectivity index is 1.99. The highest BCUT2D eigenvalue weighted by Crippen LogP contribution is 2.36. The number of benzene rings is 1. The number of aromatic nitrogens is 1. The quantitative estimate of drug-likeness (QED) is 0.611. The summed E-state index contributed by atoms with van der Waals surface area (Å²) < 4.78 is 48.1. The Morgan fingerprint density at radius 2 is 1.97 bits per heavy atom. The minimum absolute atomic E-state index is 0.0149. The van der Waals surface area contributed by atoms with Crippen LogP contribution >= 0.6 is 23.2 Å². The SMILES string of the molecule is COC(=O)C1(C)CC(c2cc(-c3ncc(OC(F)F)cc3Cl)c(F)cc2Cl)=NO1. The molecule has 0 aliphatic carbocycles. The largest absolute Gasteiger partial charge is 0.466 e. The van der Waals surface area contributed by atoms with E-state index in [0.29, 0.717) is 5.56 Å². The Kier molecular flexibility index (Phi) is 5.90. The van der Waals surface area contributed by atoms with Crippen molar-refractivity contribution in [3.8, 4) is 17.0 Å². The van der Waals surface area contributed by atoms with E-state index in [2.05, 4.69) is 14.9 Å². The van der Waals surface area contributed by atoms with Crippen molar-refractivity contribution in [1.29, 1.82) is 0 Å². The van der Waals surface area contributed by atoms with Crippen molar-refractivity contribution in [2.75, 3.05) is 7.11 Å². The summed E-state index contributed by atoms with van der Waals surface area (Å²) in [4.78, 5) is 21.0. The molecule has 11 heteroatoms. The van der Waals surface area contributed by atoms with Crippen molar-refractivity contribution in [3.05, 3.63) is 45.8 Å². The molecule has 29 heavy (non-hydrogen) atoms. The van der Waals surface area contributed by atoms with E-state index < -0.39 is 24.0 Å². The first-order chi connectivity index (χ1) is 13.6. The summed E-state index contributed by atoms with van der Waals surface area (Å²) in [5.74, 6) is -1.65. The Morgan fingerprint density at radius 3 is 2.59 bits per heavy atom. The lowest BCUT2D eigenvalue weighted by molar-refractivity contribution is -0.164. The van der Waals surface area contributed by atoms with Crippen molar-refractivity contribution in [2.45, 2.75) is 25.6 Å². The summed E-state index contributed by atoms with van der Waals surface area (Å²) in [6.07, 6.45) is 1.03. The van der Waals surface area contributed by atoms with Gasteiger partial charge in [0.25, 0.3) is 0 Å². The van der Waals surface area contributed by atoms with Crippen LogP contribution in [0.25, 0.3) is 11.3 Å². The molecule has 0 fully saturated rings. The van der Waals surface area contributed by atoms with Crippen LogP contribution in [0.5, 0.6) is 5.75 Å². The second-order valence-corrected chi connectivity index (χ2v) is 7.03. The number of carbonyl (C=O) groups excluding carboxylic acids is 1. The molecule has 1 aliphatic heterocycles. The maximum absolute atomic E-state index is 14.5. The summed E-state index contributed by atoms with van der Waals surface area (Å²) >= 11 is 12.2. The topological polar surface area (TPSA) is 70.0 Å². The molecule has 154 valence electrons. The van der Waals surface area contributed by atoms with Crippen LogP contribution in [0, 0.1) is 5.82 Å². The first-order valence-corrected chi connectivity index (χ1v) is 8.84. The van der Waals surface area contributed by atoms with Gasteiger partial charge in [-0.3, -0.25) is 4.98 Å². The standard InChI is InChI=1S/C18H13Cl2F3N2O4/c1-18(16(26)27-2)6-14(25-29-18)9-4-10(13(21)5-11(9)19)15-12(20)3-8(7-24-15)28-17(22)23/h3-5,7,17H,6H2,1-2H3. The number of halogens is 5. The van der Waals surface area contributed by atoms with Gasteiger partial charge in [0, 0.05) is 23.6 Å². The number of oxime groups is 1. The lowest BCUT2D eigenvalue weighted by atomic mass is 9.94. The maximum atomic E-state index is 14.5. The van der Waals surface area contributed by atoms with Crippen LogP contribution < -0.4 is 4.74 Å². The highest BCUT2D eigenvalue weighted by Gasteiger charge is 2.44. The first-order valence-electron chi connectivity index (χ1n) is 8.08. The molecule has 3 rings (SSSR count). The summed E-state index contributed by atoms with van der Waals surface area (Å²) in [5, 5.41) is 3.79. The van der Waals surface area contributed by atoms with Gasteiger partial charge in [-0.1, -0.05) is 28.4 Å². The monoisotopic (exact) mass is 448 g/mol. The van der Waals surface area contributed by atoms with E-state index in [1.807, 2.05) is 0 Å². The molecule has 0 N–H and O–H groups in total. The fourth-order valence-electron chi connectivity index (χ4n) is 2.75.